The Morgan fingerprint density at radius 1 is 1.37 bits per heavy atom. The van der Waals surface area contributed by atoms with Crippen LogP contribution in [0.2, 0.25) is 0 Å². The molecule has 0 saturated heterocycles. The van der Waals surface area contributed by atoms with Gasteiger partial charge in [-0.05, 0) is 66.4 Å². The molecule has 0 radical (unpaired) electrons. The predicted octanol–water partition coefficient (Wildman–Crippen LogP) is 2.76. The van der Waals surface area contributed by atoms with Crippen molar-refractivity contribution in [3.8, 4) is 5.69 Å². The molecule has 1 heterocycles. The first kappa shape index (κ1) is 14.1. The molecule has 2 N–H and O–H groups in total. The van der Waals surface area contributed by atoms with Crippen molar-refractivity contribution in [2.45, 2.75) is 26.2 Å². The van der Waals surface area contributed by atoms with E-state index >= 15 is 0 Å². The quantitative estimate of drug-likeness (QED) is 0.859. The van der Waals surface area contributed by atoms with E-state index in [0.29, 0.717) is 11.0 Å². The van der Waals surface area contributed by atoms with E-state index in [9.17, 15) is 4.39 Å². The summed E-state index contributed by atoms with van der Waals surface area (Å²) in [7, 11) is 0. The van der Waals surface area contributed by atoms with Gasteiger partial charge in [-0.2, -0.15) is 0 Å². The summed E-state index contributed by atoms with van der Waals surface area (Å²) < 4.78 is 15.5. The van der Waals surface area contributed by atoms with Crippen LogP contribution < -0.4 is 5.73 Å². The summed E-state index contributed by atoms with van der Waals surface area (Å²) in [5.74, 6) is -0.274. The molecule has 2 rings (SSSR count). The van der Waals surface area contributed by atoms with Crippen LogP contribution in [0.1, 0.15) is 24.1 Å². The van der Waals surface area contributed by atoms with Crippen LogP contribution in [0.5, 0.6) is 0 Å². The first-order valence-electron chi connectivity index (χ1n) is 6.19. The van der Waals surface area contributed by atoms with Gasteiger partial charge in [0.15, 0.2) is 0 Å². The molecule has 102 valence electrons. The van der Waals surface area contributed by atoms with Crippen molar-refractivity contribution in [3.05, 3.63) is 39.9 Å². The first-order valence-corrected chi connectivity index (χ1v) is 6.98. The highest BCUT2D eigenvalue weighted by Gasteiger charge is 2.09. The predicted molar refractivity (Wildman–Crippen MR) is 75.7 cm³/mol. The van der Waals surface area contributed by atoms with Gasteiger partial charge in [0.1, 0.15) is 5.82 Å². The number of nitrogens with two attached hydrogens (primary N) is 1. The Morgan fingerprint density at radius 2 is 2.16 bits per heavy atom. The molecular weight excluding hydrogens is 311 g/mol. The van der Waals surface area contributed by atoms with Crippen molar-refractivity contribution >= 4 is 15.9 Å². The van der Waals surface area contributed by atoms with Gasteiger partial charge in [0.05, 0.1) is 22.1 Å². The zero-order valence-corrected chi connectivity index (χ0v) is 12.3. The Hall–Kier alpha value is -1.27. The smallest absolute Gasteiger partial charge is 0.137 e. The van der Waals surface area contributed by atoms with E-state index in [1.165, 1.54) is 6.07 Å². The SMILES string of the molecule is Cc1cc(F)c(Br)cc1-n1cc(CCCCN)nn1. The molecular formula is C13H16BrFN4. The van der Waals surface area contributed by atoms with Crippen LogP contribution in [0.15, 0.2) is 22.8 Å². The standard InChI is InChI=1S/C13H16BrFN4/c1-9-6-12(15)11(14)7-13(9)19-8-10(17-18-19)4-2-3-5-16/h6-8H,2-5,16H2,1H3. The van der Waals surface area contributed by atoms with E-state index in [0.717, 1.165) is 36.2 Å². The average molecular weight is 327 g/mol. The highest BCUT2D eigenvalue weighted by atomic mass is 79.9. The fourth-order valence-electron chi connectivity index (χ4n) is 1.86. The molecule has 0 aliphatic carbocycles. The number of rotatable bonds is 5. The first-order chi connectivity index (χ1) is 9.11. The molecule has 0 unspecified atom stereocenters. The van der Waals surface area contributed by atoms with Crippen molar-refractivity contribution in [1.82, 2.24) is 15.0 Å². The van der Waals surface area contributed by atoms with Crippen LogP contribution in [0, 0.1) is 12.7 Å². The second kappa shape index (κ2) is 6.25. The van der Waals surface area contributed by atoms with Crippen molar-refractivity contribution in [1.29, 1.82) is 0 Å². The summed E-state index contributed by atoms with van der Waals surface area (Å²) in [5, 5.41) is 8.21. The molecule has 0 aliphatic rings. The molecule has 0 amide bonds. The molecule has 1 aromatic carbocycles. The van der Waals surface area contributed by atoms with E-state index in [1.807, 2.05) is 13.1 Å². The van der Waals surface area contributed by atoms with Crippen LogP contribution in [-0.2, 0) is 6.42 Å². The number of aryl methyl sites for hydroxylation is 2. The number of benzene rings is 1. The Bertz CT molecular complexity index is 568. The van der Waals surface area contributed by atoms with Gasteiger partial charge in [0.25, 0.3) is 0 Å². The summed E-state index contributed by atoms with van der Waals surface area (Å²) >= 11 is 3.19. The normalized spacial score (nSPS) is 10.9. The minimum absolute atomic E-state index is 0.274. The van der Waals surface area contributed by atoms with Crippen LogP contribution in [0.25, 0.3) is 5.69 Å². The van der Waals surface area contributed by atoms with Crippen LogP contribution >= 0.6 is 15.9 Å². The fourth-order valence-corrected chi connectivity index (χ4v) is 2.20. The molecule has 1 aromatic heterocycles. The monoisotopic (exact) mass is 326 g/mol. The minimum atomic E-state index is -0.274. The van der Waals surface area contributed by atoms with Crippen LogP contribution in [0.3, 0.4) is 0 Å². The minimum Gasteiger partial charge on any atom is -0.330 e. The van der Waals surface area contributed by atoms with Crippen molar-refractivity contribution in [2.75, 3.05) is 6.54 Å². The van der Waals surface area contributed by atoms with Gasteiger partial charge >= 0.3 is 0 Å². The van der Waals surface area contributed by atoms with E-state index in [-0.39, 0.29) is 5.82 Å². The van der Waals surface area contributed by atoms with Crippen molar-refractivity contribution in [2.24, 2.45) is 5.73 Å². The van der Waals surface area contributed by atoms with Gasteiger partial charge in [-0.1, -0.05) is 5.21 Å². The Kier molecular flexibility index (Phi) is 4.66. The maximum absolute atomic E-state index is 13.4. The third kappa shape index (κ3) is 3.39. The molecule has 0 saturated carbocycles. The van der Waals surface area contributed by atoms with Crippen molar-refractivity contribution < 1.29 is 4.39 Å². The van der Waals surface area contributed by atoms with E-state index < -0.39 is 0 Å². The van der Waals surface area contributed by atoms with Gasteiger partial charge < -0.3 is 5.73 Å². The lowest BCUT2D eigenvalue weighted by molar-refractivity contribution is 0.618. The van der Waals surface area contributed by atoms with E-state index in [2.05, 4.69) is 26.2 Å². The number of aromatic nitrogens is 3. The van der Waals surface area contributed by atoms with Gasteiger partial charge in [-0.3, -0.25) is 0 Å². The Labute approximate surface area is 119 Å². The highest BCUT2D eigenvalue weighted by Crippen LogP contribution is 2.23. The third-order valence-corrected chi connectivity index (χ3v) is 3.52. The largest absolute Gasteiger partial charge is 0.330 e. The fraction of sp³-hybridized carbons (Fsp3) is 0.385. The van der Waals surface area contributed by atoms with Gasteiger partial charge in [-0.15, -0.1) is 5.10 Å². The summed E-state index contributed by atoms with van der Waals surface area (Å²) in [4.78, 5) is 0. The molecule has 0 spiro atoms. The number of nitrogens with zero attached hydrogens (tertiary/aromatic N) is 3. The molecule has 0 bridgehead atoms. The van der Waals surface area contributed by atoms with Crippen molar-refractivity contribution in [3.63, 3.8) is 0 Å². The molecule has 2 aromatic rings. The third-order valence-electron chi connectivity index (χ3n) is 2.91. The molecule has 0 fully saturated rings. The molecule has 6 heteroatoms. The zero-order chi connectivity index (χ0) is 13.8. The zero-order valence-electron chi connectivity index (χ0n) is 10.7. The number of unbranched alkanes of at least 4 members (excludes halogenated alkanes) is 1. The summed E-state index contributed by atoms with van der Waals surface area (Å²) in [5.41, 5.74) is 8.03. The average Bonchev–Trinajstić information content (AvgIpc) is 2.83. The lowest BCUT2D eigenvalue weighted by atomic mass is 10.2. The Morgan fingerprint density at radius 3 is 2.89 bits per heavy atom. The maximum atomic E-state index is 13.4. The summed E-state index contributed by atoms with van der Waals surface area (Å²) in [6.45, 7) is 2.54. The number of halogens is 2. The van der Waals surface area contributed by atoms with Gasteiger partial charge in [-0.25, -0.2) is 9.07 Å². The lowest BCUT2D eigenvalue weighted by Crippen LogP contribution is -1.99. The van der Waals surface area contributed by atoms with E-state index in [1.54, 1.807) is 10.7 Å². The van der Waals surface area contributed by atoms with Crippen LogP contribution in [-0.4, -0.2) is 21.5 Å². The van der Waals surface area contributed by atoms with Gasteiger partial charge in [0, 0.05) is 0 Å². The maximum Gasteiger partial charge on any atom is 0.137 e. The molecule has 0 atom stereocenters. The molecule has 19 heavy (non-hydrogen) atoms. The molecule has 0 aliphatic heterocycles. The number of hydrogen-bond acceptors (Lipinski definition) is 3. The Balaban J connectivity index is 2.20. The summed E-state index contributed by atoms with van der Waals surface area (Å²) in [6.07, 6.45) is 4.72. The molecule has 4 nitrogen and oxygen atoms in total. The lowest BCUT2D eigenvalue weighted by Gasteiger charge is -2.06. The second-order valence-electron chi connectivity index (χ2n) is 4.45. The van der Waals surface area contributed by atoms with Gasteiger partial charge in [0.2, 0.25) is 0 Å². The second-order valence-corrected chi connectivity index (χ2v) is 5.31. The highest BCUT2D eigenvalue weighted by molar-refractivity contribution is 9.10. The summed E-state index contributed by atoms with van der Waals surface area (Å²) in [6, 6.07) is 3.19. The topological polar surface area (TPSA) is 56.7 Å². The van der Waals surface area contributed by atoms with E-state index in [4.69, 9.17) is 5.73 Å². The van der Waals surface area contributed by atoms with Crippen LogP contribution in [0.4, 0.5) is 4.39 Å². The number of hydrogen-bond donors (Lipinski definition) is 1.